The van der Waals surface area contributed by atoms with E-state index in [1.54, 1.807) is 12.1 Å². The molecule has 6 heteroatoms. The average Bonchev–Trinajstić information content (AvgIpc) is 2.53. The third-order valence-electron chi connectivity index (χ3n) is 5.35. The van der Waals surface area contributed by atoms with E-state index in [0.29, 0.717) is 24.3 Å². The molecule has 0 aliphatic carbocycles. The Morgan fingerprint density at radius 2 is 1.92 bits per heavy atom. The molecule has 1 fully saturated rings. The quantitative estimate of drug-likeness (QED) is 0.617. The summed E-state index contributed by atoms with van der Waals surface area (Å²) in [7, 11) is -1.99. The summed E-state index contributed by atoms with van der Waals surface area (Å²) < 4.78 is 6.28. The Morgan fingerprint density at radius 1 is 1.24 bits per heavy atom. The molecule has 0 radical (unpaired) electrons. The van der Waals surface area contributed by atoms with E-state index in [0.717, 1.165) is 12.8 Å². The molecule has 0 unspecified atom stereocenters. The number of rotatable bonds is 4. The number of nitrogens with zero attached hydrogens (tertiary/aromatic N) is 1. The van der Waals surface area contributed by atoms with Crippen molar-refractivity contribution in [3.05, 3.63) is 29.8 Å². The van der Waals surface area contributed by atoms with Crippen LogP contribution in [0.5, 0.6) is 5.75 Å². The average molecular weight is 364 g/mol. The number of benzene rings is 1. The Labute approximate surface area is 151 Å². The van der Waals surface area contributed by atoms with Crippen molar-refractivity contribution in [3.63, 3.8) is 0 Å². The highest BCUT2D eigenvalue weighted by Crippen LogP contribution is 2.37. The van der Waals surface area contributed by atoms with Crippen molar-refractivity contribution in [1.29, 1.82) is 0 Å². The van der Waals surface area contributed by atoms with Gasteiger partial charge in [0.05, 0.1) is 6.04 Å². The lowest BCUT2D eigenvalue weighted by Gasteiger charge is -2.36. The van der Waals surface area contributed by atoms with Gasteiger partial charge < -0.3 is 9.53 Å². The maximum absolute atomic E-state index is 12.9. The van der Waals surface area contributed by atoms with Crippen LogP contribution in [0, 0.1) is 0 Å². The van der Waals surface area contributed by atoms with Gasteiger partial charge >= 0.3 is 6.09 Å². The monoisotopic (exact) mass is 363 g/mol. The summed E-state index contributed by atoms with van der Waals surface area (Å²) in [6.07, 6.45) is 1.25. The summed E-state index contributed by atoms with van der Waals surface area (Å²) >= 11 is 0. The van der Waals surface area contributed by atoms with Gasteiger partial charge in [0.2, 0.25) is 8.32 Å². The number of carbonyl (C=O) groups is 2. The van der Waals surface area contributed by atoms with Crippen LogP contribution in [0.3, 0.4) is 0 Å². The lowest BCUT2D eigenvalue weighted by Crippen LogP contribution is -2.47. The molecule has 0 bridgehead atoms. The number of carbonyl (C=O) groups excluding carboxylic acids is 1. The fourth-order valence-electron chi connectivity index (χ4n) is 2.79. The van der Waals surface area contributed by atoms with Gasteiger partial charge in [-0.05, 0) is 49.5 Å². The van der Waals surface area contributed by atoms with Gasteiger partial charge in [0, 0.05) is 12.1 Å². The zero-order valence-corrected chi connectivity index (χ0v) is 16.8. The zero-order valence-electron chi connectivity index (χ0n) is 15.8. The molecule has 1 aromatic rings. The molecule has 1 heterocycles. The SMILES string of the molecule is CC(C)(C)[Si](C)(C)Oc1cccc(C(=O)[C@@H]2CCCCN2C(=O)O)c1. The molecular formula is C19H29NO4Si. The van der Waals surface area contributed by atoms with Gasteiger partial charge in [-0.3, -0.25) is 9.69 Å². The van der Waals surface area contributed by atoms with Crippen LogP contribution in [0.15, 0.2) is 24.3 Å². The molecular weight excluding hydrogens is 334 g/mol. The normalized spacial score (nSPS) is 18.8. The number of hydrogen-bond donors (Lipinski definition) is 1. The second-order valence-electron chi connectivity index (χ2n) is 8.24. The van der Waals surface area contributed by atoms with Crippen LogP contribution >= 0.6 is 0 Å². The summed E-state index contributed by atoms with van der Waals surface area (Å²) in [5.74, 6) is 0.554. The number of amides is 1. The number of likely N-dealkylation sites (tertiary alicyclic amines) is 1. The highest BCUT2D eigenvalue weighted by atomic mass is 28.4. The van der Waals surface area contributed by atoms with E-state index in [1.807, 2.05) is 12.1 Å². The molecule has 2 rings (SSSR count). The van der Waals surface area contributed by atoms with Crippen molar-refractivity contribution in [1.82, 2.24) is 4.90 Å². The molecule has 0 saturated carbocycles. The number of piperidine rings is 1. The van der Waals surface area contributed by atoms with Gasteiger partial charge in [-0.15, -0.1) is 0 Å². The molecule has 1 aliphatic rings. The molecule has 1 atom stereocenters. The second-order valence-corrected chi connectivity index (χ2v) is 13.0. The maximum atomic E-state index is 12.9. The van der Waals surface area contributed by atoms with Crippen molar-refractivity contribution in [2.24, 2.45) is 0 Å². The number of hydrogen-bond acceptors (Lipinski definition) is 3. The third-order valence-corrected chi connectivity index (χ3v) is 9.71. The van der Waals surface area contributed by atoms with Crippen molar-refractivity contribution in [2.75, 3.05) is 6.54 Å². The Bertz CT molecular complexity index is 651. The van der Waals surface area contributed by atoms with E-state index in [9.17, 15) is 14.7 Å². The summed E-state index contributed by atoms with van der Waals surface area (Å²) in [4.78, 5) is 25.6. The topological polar surface area (TPSA) is 66.8 Å². The van der Waals surface area contributed by atoms with Gasteiger partial charge in [-0.25, -0.2) is 4.79 Å². The standard InChI is InChI=1S/C19H29NO4Si/c1-19(2,3)25(4,5)24-15-10-8-9-14(13-15)17(21)16-11-6-7-12-20(16)18(22)23/h8-10,13,16H,6-7,11-12H2,1-5H3,(H,22,23)/t16-/m0/s1. The Kier molecular flexibility index (Phi) is 5.61. The number of carboxylic acid groups (broad SMARTS) is 1. The number of ketones is 1. The molecule has 0 spiro atoms. The van der Waals surface area contributed by atoms with Crippen LogP contribution in [0.25, 0.3) is 0 Å². The first-order valence-corrected chi connectivity index (χ1v) is 11.8. The Morgan fingerprint density at radius 3 is 2.52 bits per heavy atom. The largest absolute Gasteiger partial charge is 0.543 e. The van der Waals surface area contributed by atoms with E-state index in [1.165, 1.54) is 4.90 Å². The highest BCUT2D eigenvalue weighted by Gasteiger charge is 2.39. The van der Waals surface area contributed by atoms with Gasteiger partial charge in [0.15, 0.2) is 5.78 Å². The van der Waals surface area contributed by atoms with E-state index in [2.05, 4.69) is 33.9 Å². The molecule has 1 saturated heterocycles. The third kappa shape index (κ3) is 4.42. The highest BCUT2D eigenvalue weighted by molar-refractivity contribution is 6.74. The van der Waals surface area contributed by atoms with Crippen molar-refractivity contribution < 1.29 is 19.1 Å². The van der Waals surface area contributed by atoms with Gasteiger partial charge in [-0.2, -0.15) is 0 Å². The summed E-state index contributed by atoms with van der Waals surface area (Å²) in [6.45, 7) is 11.2. The Balaban J connectivity index is 2.23. The first kappa shape index (κ1) is 19.5. The minimum absolute atomic E-state index is 0.0660. The molecule has 5 nitrogen and oxygen atoms in total. The van der Waals surface area contributed by atoms with Crippen molar-refractivity contribution in [3.8, 4) is 5.75 Å². The smallest absolute Gasteiger partial charge is 0.407 e. The molecule has 0 aromatic heterocycles. The molecule has 1 N–H and O–H groups in total. The van der Waals surface area contributed by atoms with Gasteiger partial charge in [-0.1, -0.05) is 32.9 Å². The zero-order chi connectivity index (χ0) is 18.8. The molecule has 1 amide bonds. The predicted octanol–water partition coefficient (Wildman–Crippen LogP) is 4.79. The minimum Gasteiger partial charge on any atom is -0.543 e. The predicted molar refractivity (Wildman–Crippen MR) is 101 cm³/mol. The lowest BCUT2D eigenvalue weighted by molar-refractivity contribution is 0.0714. The van der Waals surface area contributed by atoms with Gasteiger partial charge in [0.25, 0.3) is 0 Å². The molecule has 25 heavy (non-hydrogen) atoms. The molecule has 138 valence electrons. The van der Waals surface area contributed by atoms with Crippen molar-refractivity contribution >= 4 is 20.2 Å². The van der Waals surface area contributed by atoms with Crippen LogP contribution in [-0.2, 0) is 0 Å². The molecule has 1 aliphatic heterocycles. The Hall–Kier alpha value is -1.82. The number of Topliss-reactive ketones (excluding diaryl/α,β-unsaturated/α-hetero) is 1. The van der Waals surface area contributed by atoms with Crippen LogP contribution in [0.1, 0.15) is 50.4 Å². The minimum atomic E-state index is -1.99. The van der Waals surface area contributed by atoms with Crippen LogP contribution in [0.4, 0.5) is 4.79 Å². The van der Waals surface area contributed by atoms with E-state index >= 15 is 0 Å². The first-order chi connectivity index (χ1) is 11.5. The maximum Gasteiger partial charge on any atom is 0.407 e. The fraction of sp³-hybridized carbons (Fsp3) is 0.579. The van der Waals surface area contributed by atoms with Crippen molar-refractivity contribution in [2.45, 2.75) is 64.2 Å². The summed E-state index contributed by atoms with van der Waals surface area (Å²) in [5.41, 5.74) is 0.523. The molecule has 1 aromatic carbocycles. The van der Waals surface area contributed by atoms with Crippen LogP contribution in [-0.4, -0.2) is 42.8 Å². The van der Waals surface area contributed by atoms with Gasteiger partial charge in [0.1, 0.15) is 5.75 Å². The van der Waals surface area contributed by atoms with E-state index < -0.39 is 20.5 Å². The van der Waals surface area contributed by atoms with E-state index in [4.69, 9.17) is 4.43 Å². The summed E-state index contributed by atoms with van der Waals surface area (Å²) in [5, 5.41) is 9.42. The summed E-state index contributed by atoms with van der Waals surface area (Å²) in [6, 6.07) is 6.60. The van der Waals surface area contributed by atoms with E-state index in [-0.39, 0.29) is 10.8 Å². The fourth-order valence-corrected chi connectivity index (χ4v) is 3.81. The van der Waals surface area contributed by atoms with Crippen LogP contribution < -0.4 is 4.43 Å². The second kappa shape index (κ2) is 7.20. The van der Waals surface area contributed by atoms with Crippen LogP contribution in [0.2, 0.25) is 18.1 Å². The lowest BCUT2D eigenvalue weighted by atomic mass is 9.94. The first-order valence-electron chi connectivity index (χ1n) is 8.86.